The van der Waals surface area contributed by atoms with Gasteiger partial charge in [-0.1, -0.05) is 23.7 Å². The number of Topliss-reactive ketones (excluding diaryl/α,β-unsaturated/α-hetero) is 1. The van der Waals surface area contributed by atoms with E-state index in [4.69, 9.17) is 11.6 Å². The van der Waals surface area contributed by atoms with E-state index >= 15 is 0 Å². The van der Waals surface area contributed by atoms with Gasteiger partial charge in [-0.25, -0.2) is 9.97 Å². The van der Waals surface area contributed by atoms with Crippen LogP contribution in [0.4, 0.5) is 0 Å². The largest absolute Gasteiger partial charge is 0.334 e. The molecule has 1 unspecified atom stereocenters. The lowest BCUT2D eigenvalue weighted by Crippen LogP contribution is -2.08. The van der Waals surface area contributed by atoms with Crippen molar-refractivity contribution in [1.82, 2.24) is 15.0 Å². The number of pyridine rings is 1. The number of aromatic amines is 1. The van der Waals surface area contributed by atoms with E-state index in [1.807, 2.05) is 0 Å². The first kappa shape index (κ1) is 14.2. The second kappa shape index (κ2) is 5.96. The van der Waals surface area contributed by atoms with E-state index in [2.05, 4.69) is 21.0 Å². The zero-order chi connectivity index (χ0) is 15.5. The lowest BCUT2D eigenvalue weighted by molar-refractivity contribution is 0.0970. The van der Waals surface area contributed by atoms with Crippen LogP contribution in [0.3, 0.4) is 0 Å². The van der Waals surface area contributed by atoms with Gasteiger partial charge in [-0.15, -0.1) is 0 Å². The number of halogens is 1. The van der Waals surface area contributed by atoms with Crippen molar-refractivity contribution in [2.45, 2.75) is 12.3 Å². The number of imidazole rings is 1. The molecule has 0 aliphatic heterocycles. The van der Waals surface area contributed by atoms with Gasteiger partial charge in [0, 0.05) is 17.6 Å². The quantitative estimate of drug-likeness (QED) is 0.748. The van der Waals surface area contributed by atoms with Crippen LogP contribution in [0.2, 0.25) is 5.02 Å². The number of nitriles is 1. The van der Waals surface area contributed by atoms with Gasteiger partial charge < -0.3 is 4.98 Å². The number of nitrogens with zero attached hydrogens (tertiary/aromatic N) is 3. The zero-order valence-corrected chi connectivity index (χ0v) is 12.2. The van der Waals surface area contributed by atoms with Gasteiger partial charge in [0.15, 0.2) is 17.3 Å². The second-order valence-corrected chi connectivity index (χ2v) is 5.26. The number of aromatic nitrogens is 3. The molecule has 22 heavy (non-hydrogen) atoms. The van der Waals surface area contributed by atoms with Crippen LogP contribution in [0.15, 0.2) is 42.6 Å². The van der Waals surface area contributed by atoms with Gasteiger partial charge in [-0.3, -0.25) is 4.79 Å². The van der Waals surface area contributed by atoms with E-state index in [0.717, 1.165) is 5.56 Å². The van der Waals surface area contributed by atoms with Crippen molar-refractivity contribution < 1.29 is 4.79 Å². The molecule has 108 valence electrons. The van der Waals surface area contributed by atoms with E-state index in [-0.39, 0.29) is 18.0 Å². The lowest BCUT2D eigenvalue weighted by atomic mass is 9.95. The highest BCUT2D eigenvalue weighted by atomic mass is 35.5. The second-order valence-electron chi connectivity index (χ2n) is 4.82. The van der Waals surface area contributed by atoms with Gasteiger partial charge in [-0.05, 0) is 29.8 Å². The van der Waals surface area contributed by atoms with Crippen molar-refractivity contribution in [2.24, 2.45) is 0 Å². The van der Waals surface area contributed by atoms with Gasteiger partial charge in [0.2, 0.25) is 0 Å². The first-order valence-electron chi connectivity index (χ1n) is 6.66. The Labute approximate surface area is 131 Å². The predicted octanol–water partition coefficient (Wildman–Crippen LogP) is 3.49. The molecule has 1 N–H and O–H groups in total. The minimum absolute atomic E-state index is 0.0535. The maximum absolute atomic E-state index is 12.3. The van der Waals surface area contributed by atoms with Gasteiger partial charge >= 0.3 is 0 Å². The molecule has 0 spiro atoms. The van der Waals surface area contributed by atoms with Crippen LogP contribution in [-0.2, 0) is 0 Å². The molecule has 0 amide bonds. The van der Waals surface area contributed by atoms with E-state index in [0.29, 0.717) is 16.2 Å². The SMILES string of the molecule is N#CC(CC(=O)c1nc2ncccc2[nH]1)c1ccc(Cl)cc1. The Balaban J connectivity index is 1.82. The summed E-state index contributed by atoms with van der Waals surface area (Å²) in [6.45, 7) is 0. The topological polar surface area (TPSA) is 82.4 Å². The number of nitrogens with one attached hydrogen (secondary N) is 1. The molecule has 0 aliphatic rings. The van der Waals surface area contributed by atoms with Crippen LogP contribution in [0.25, 0.3) is 11.2 Å². The van der Waals surface area contributed by atoms with Gasteiger partial charge in [0.05, 0.1) is 17.5 Å². The van der Waals surface area contributed by atoms with Gasteiger partial charge in [-0.2, -0.15) is 5.26 Å². The van der Waals surface area contributed by atoms with Crippen molar-refractivity contribution >= 4 is 28.5 Å². The van der Waals surface area contributed by atoms with Crippen LogP contribution in [0.1, 0.15) is 28.5 Å². The number of fused-ring (bicyclic) bond motifs is 1. The van der Waals surface area contributed by atoms with Crippen LogP contribution >= 0.6 is 11.6 Å². The molecule has 2 heterocycles. The van der Waals surface area contributed by atoms with E-state index < -0.39 is 5.92 Å². The molecule has 0 bridgehead atoms. The van der Waals surface area contributed by atoms with Crippen LogP contribution in [-0.4, -0.2) is 20.7 Å². The first-order valence-corrected chi connectivity index (χ1v) is 7.04. The highest BCUT2D eigenvalue weighted by Gasteiger charge is 2.19. The molecule has 1 aromatic carbocycles. The first-order chi connectivity index (χ1) is 10.7. The van der Waals surface area contributed by atoms with Crippen molar-refractivity contribution in [3.63, 3.8) is 0 Å². The third-order valence-corrected chi connectivity index (χ3v) is 3.59. The number of carbonyl (C=O) groups excluding carboxylic acids is 1. The molecular weight excluding hydrogens is 300 g/mol. The summed E-state index contributed by atoms with van der Waals surface area (Å²) in [6, 6.07) is 12.6. The summed E-state index contributed by atoms with van der Waals surface area (Å²) in [6.07, 6.45) is 1.67. The smallest absolute Gasteiger partial charge is 0.199 e. The highest BCUT2D eigenvalue weighted by molar-refractivity contribution is 6.30. The minimum atomic E-state index is -0.536. The van der Waals surface area contributed by atoms with Gasteiger partial charge in [0.1, 0.15) is 0 Å². The number of rotatable bonds is 4. The monoisotopic (exact) mass is 310 g/mol. The van der Waals surface area contributed by atoms with E-state index in [1.165, 1.54) is 0 Å². The standard InChI is InChI=1S/C16H11ClN4O/c17-12-5-3-10(4-6-12)11(9-18)8-14(22)16-20-13-2-1-7-19-15(13)21-16/h1-7,11H,8H2,(H,19,20,21). The average Bonchev–Trinajstić information content (AvgIpc) is 2.97. The lowest BCUT2D eigenvalue weighted by Gasteiger charge is -2.07. The van der Waals surface area contributed by atoms with Crippen LogP contribution < -0.4 is 0 Å². The van der Waals surface area contributed by atoms with Crippen molar-refractivity contribution in [3.8, 4) is 6.07 Å². The molecule has 5 nitrogen and oxygen atoms in total. The molecule has 0 aliphatic carbocycles. The van der Waals surface area contributed by atoms with Crippen molar-refractivity contribution in [3.05, 3.63) is 59.0 Å². The number of benzene rings is 1. The summed E-state index contributed by atoms with van der Waals surface area (Å²) in [5.41, 5.74) is 1.95. The fraction of sp³-hybridized carbons (Fsp3) is 0.125. The fourth-order valence-electron chi connectivity index (χ4n) is 2.19. The summed E-state index contributed by atoms with van der Waals surface area (Å²) in [5, 5.41) is 9.90. The van der Waals surface area contributed by atoms with Gasteiger partial charge in [0.25, 0.3) is 0 Å². The molecule has 3 aromatic rings. The predicted molar refractivity (Wildman–Crippen MR) is 82.6 cm³/mol. The normalized spacial score (nSPS) is 12.0. The molecule has 0 fully saturated rings. The Morgan fingerprint density at radius 3 is 2.77 bits per heavy atom. The maximum Gasteiger partial charge on any atom is 0.199 e. The molecule has 0 radical (unpaired) electrons. The summed E-state index contributed by atoms with van der Waals surface area (Å²) in [5.74, 6) is -0.534. The Morgan fingerprint density at radius 1 is 1.32 bits per heavy atom. The highest BCUT2D eigenvalue weighted by Crippen LogP contribution is 2.22. The average molecular weight is 311 g/mol. The molecular formula is C16H11ClN4O. The van der Waals surface area contributed by atoms with Crippen LogP contribution in [0.5, 0.6) is 0 Å². The number of carbonyl (C=O) groups is 1. The number of hydrogen-bond acceptors (Lipinski definition) is 4. The van der Waals surface area contributed by atoms with Crippen molar-refractivity contribution in [1.29, 1.82) is 5.26 Å². The van der Waals surface area contributed by atoms with Crippen molar-refractivity contribution in [2.75, 3.05) is 0 Å². The third-order valence-electron chi connectivity index (χ3n) is 3.34. The molecule has 0 saturated heterocycles. The molecule has 2 aromatic heterocycles. The molecule has 0 saturated carbocycles. The number of hydrogen-bond donors (Lipinski definition) is 1. The summed E-state index contributed by atoms with van der Waals surface area (Å²) in [4.78, 5) is 23.5. The Hall–Kier alpha value is -2.71. The number of H-pyrrole nitrogens is 1. The minimum Gasteiger partial charge on any atom is -0.334 e. The molecule has 1 atom stereocenters. The zero-order valence-electron chi connectivity index (χ0n) is 11.5. The fourth-order valence-corrected chi connectivity index (χ4v) is 2.32. The molecule has 6 heteroatoms. The number of ketones is 1. The Morgan fingerprint density at radius 2 is 2.09 bits per heavy atom. The summed E-state index contributed by atoms with van der Waals surface area (Å²) >= 11 is 5.83. The summed E-state index contributed by atoms with van der Waals surface area (Å²) < 4.78 is 0. The summed E-state index contributed by atoms with van der Waals surface area (Å²) in [7, 11) is 0. The van der Waals surface area contributed by atoms with Crippen LogP contribution in [0, 0.1) is 11.3 Å². The molecule has 3 rings (SSSR count). The third kappa shape index (κ3) is 2.83. The van der Waals surface area contributed by atoms with E-state index in [9.17, 15) is 10.1 Å². The Bertz CT molecular complexity index is 831. The van der Waals surface area contributed by atoms with E-state index in [1.54, 1.807) is 42.6 Å². The maximum atomic E-state index is 12.3. The Kier molecular flexibility index (Phi) is 3.86.